The number of para-hydroxylation sites is 1. The fraction of sp³-hybridized carbons (Fsp3) is 0.192. The van der Waals surface area contributed by atoms with Crippen LogP contribution in [0.25, 0.3) is 22.2 Å². The van der Waals surface area contributed by atoms with Crippen LogP contribution in [0, 0.1) is 0 Å². The fourth-order valence-electron chi connectivity index (χ4n) is 4.11. The number of carbonyl (C=O) groups excluding carboxylic acids is 1. The molecule has 1 N–H and O–H groups in total. The molecule has 3 heterocycles. The summed E-state index contributed by atoms with van der Waals surface area (Å²) in [5, 5.41) is 3.62. The Morgan fingerprint density at radius 1 is 0.943 bits per heavy atom. The molecule has 0 saturated carbocycles. The number of sulfonamides is 1. The number of nitrogens with zero attached hydrogens (tertiary/aromatic N) is 4. The first-order chi connectivity index (χ1) is 16.9. The van der Waals surface area contributed by atoms with Crippen molar-refractivity contribution < 1.29 is 13.2 Å². The summed E-state index contributed by atoms with van der Waals surface area (Å²) >= 11 is 0. The van der Waals surface area contributed by atoms with Crippen LogP contribution in [0.3, 0.4) is 0 Å². The van der Waals surface area contributed by atoms with E-state index in [4.69, 9.17) is 0 Å². The number of hydrogen-bond donors (Lipinski definition) is 1. The molecule has 0 radical (unpaired) electrons. The third-order valence-corrected chi connectivity index (χ3v) is 8.04. The number of rotatable bonds is 5. The van der Waals surface area contributed by atoms with E-state index in [-0.39, 0.29) is 10.8 Å². The molecule has 0 unspecified atom stereocenters. The summed E-state index contributed by atoms with van der Waals surface area (Å²) in [4.78, 5) is 24.4. The molecular formula is C26H25N5O3S. The van der Waals surface area contributed by atoms with Gasteiger partial charge in [-0.2, -0.15) is 4.31 Å². The number of piperazine rings is 1. The van der Waals surface area contributed by atoms with Gasteiger partial charge in [-0.05, 0) is 55.6 Å². The number of aromatic nitrogens is 2. The Balaban J connectivity index is 1.41. The van der Waals surface area contributed by atoms with Gasteiger partial charge in [0.15, 0.2) is 0 Å². The average molecular weight is 488 g/mol. The normalized spacial score (nSPS) is 15.2. The van der Waals surface area contributed by atoms with Crippen LogP contribution in [0.4, 0.5) is 5.69 Å². The van der Waals surface area contributed by atoms with Gasteiger partial charge in [0.25, 0.3) is 5.91 Å². The molecule has 5 rings (SSSR count). The quantitative estimate of drug-likeness (QED) is 0.463. The van der Waals surface area contributed by atoms with Gasteiger partial charge in [-0.1, -0.05) is 18.2 Å². The molecule has 0 spiro atoms. The van der Waals surface area contributed by atoms with E-state index >= 15 is 0 Å². The van der Waals surface area contributed by atoms with Crippen molar-refractivity contribution in [3.8, 4) is 11.3 Å². The van der Waals surface area contributed by atoms with Gasteiger partial charge < -0.3 is 10.2 Å². The van der Waals surface area contributed by atoms with Crippen molar-refractivity contribution in [2.24, 2.45) is 0 Å². The summed E-state index contributed by atoms with van der Waals surface area (Å²) in [6, 6.07) is 19.2. The van der Waals surface area contributed by atoms with Crippen molar-refractivity contribution in [3.05, 3.63) is 84.7 Å². The number of nitrogens with one attached hydrogen (secondary N) is 1. The first kappa shape index (κ1) is 23.1. The highest BCUT2D eigenvalue weighted by Gasteiger charge is 2.27. The molecule has 2 aromatic heterocycles. The SMILES string of the molecule is CN1CCN(S(=O)(=O)c2ccc(NC(=O)c3cc(-c4cccnc4)nc4ccccc34)cc2)CC1. The Hall–Kier alpha value is -3.66. The molecule has 178 valence electrons. The van der Waals surface area contributed by atoms with Gasteiger partial charge in [0, 0.05) is 55.2 Å². The average Bonchev–Trinajstić information content (AvgIpc) is 2.89. The zero-order chi connectivity index (χ0) is 24.4. The van der Waals surface area contributed by atoms with Crippen LogP contribution in [0.2, 0.25) is 0 Å². The van der Waals surface area contributed by atoms with Crippen molar-refractivity contribution >= 4 is 32.5 Å². The number of amides is 1. The van der Waals surface area contributed by atoms with E-state index in [9.17, 15) is 13.2 Å². The van der Waals surface area contributed by atoms with Crippen LogP contribution >= 0.6 is 0 Å². The second kappa shape index (κ2) is 9.53. The lowest BCUT2D eigenvalue weighted by Gasteiger charge is -2.31. The lowest BCUT2D eigenvalue weighted by Crippen LogP contribution is -2.46. The first-order valence-corrected chi connectivity index (χ1v) is 12.8. The predicted molar refractivity (Wildman–Crippen MR) is 136 cm³/mol. The minimum absolute atomic E-state index is 0.216. The monoisotopic (exact) mass is 487 g/mol. The lowest BCUT2D eigenvalue weighted by atomic mass is 10.0. The maximum absolute atomic E-state index is 13.3. The molecule has 9 heteroatoms. The van der Waals surface area contributed by atoms with E-state index in [2.05, 4.69) is 20.2 Å². The number of pyridine rings is 2. The number of carbonyl (C=O) groups is 1. The summed E-state index contributed by atoms with van der Waals surface area (Å²) in [6.07, 6.45) is 3.39. The summed E-state index contributed by atoms with van der Waals surface area (Å²) in [5.74, 6) is -0.302. The van der Waals surface area contributed by atoms with E-state index in [1.54, 1.807) is 30.6 Å². The second-order valence-corrected chi connectivity index (χ2v) is 10.4. The summed E-state index contributed by atoms with van der Waals surface area (Å²) in [7, 11) is -1.59. The molecule has 8 nitrogen and oxygen atoms in total. The first-order valence-electron chi connectivity index (χ1n) is 11.3. The smallest absolute Gasteiger partial charge is 0.256 e. The van der Waals surface area contributed by atoms with Gasteiger partial charge in [0.2, 0.25) is 10.0 Å². The van der Waals surface area contributed by atoms with Crippen LogP contribution in [0.15, 0.2) is 84.0 Å². The largest absolute Gasteiger partial charge is 0.322 e. The van der Waals surface area contributed by atoms with Crippen molar-refractivity contribution in [3.63, 3.8) is 0 Å². The van der Waals surface area contributed by atoms with Crippen molar-refractivity contribution in [2.75, 3.05) is 38.5 Å². The summed E-state index contributed by atoms with van der Waals surface area (Å²) in [5.41, 5.74) is 3.15. The van der Waals surface area contributed by atoms with Crippen LogP contribution < -0.4 is 5.32 Å². The number of fused-ring (bicyclic) bond motifs is 1. The number of benzene rings is 2. The highest BCUT2D eigenvalue weighted by molar-refractivity contribution is 7.89. The molecule has 1 fully saturated rings. The number of likely N-dealkylation sites (N-methyl/N-ethyl adjacent to an activating group) is 1. The predicted octanol–water partition coefficient (Wildman–Crippen LogP) is 3.49. The molecule has 0 aliphatic carbocycles. The van der Waals surface area contributed by atoms with Crippen LogP contribution in [0.5, 0.6) is 0 Å². The molecule has 4 aromatic rings. The highest BCUT2D eigenvalue weighted by Crippen LogP contribution is 2.26. The Morgan fingerprint density at radius 3 is 2.40 bits per heavy atom. The van der Waals surface area contributed by atoms with Gasteiger partial charge in [-0.3, -0.25) is 9.78 Å². The maximum atomic E-state index is 13.3. The van der Waals surface area contributed by atoms with E-state index in [0.29, 0.717) is 48.6 Å². The van der Waals surface area contributed by atoms with Gasteiger partial charge in [0.1, 0.15) is 0 Å². The van der Waals surface area contributed by atoms with Gasteiger partial charge in [-0.15, -0.1) is 0 Å². The Kier molecular flexibility index (Phi) is 6.29. The third kappa shape index (κ3) is 4.79. The van der Waals surface area contributed by atoms with Gasteiger partial charge >= 0.3 is 0 Å². The third-order valence-electron chi connectivity index (χ3n) is 6.13. The van der Waals surface area contributed by atoms with E-state index in [0.717, 1.165) is 10.9 Å². The zero-order valence-corrected chi connectivity index (χ0v) is 20.1. The van der Waals surface area contributed by atoms with Crippen LogP contribution in [0.1, 0.15) is 10.4 Å². The van der Waals surface area contributed by atoms with Crippen molar-refractivity contribution in [1.29, 1.82) is 0 Å². The van der Waals surface area contributed by atoms with Gasteiger partial charge in [-0.25, -0.2) is 13.4 Å². The minimum atomic E-state index is -3.57. The minimum Gasteiger partial charge on any atom is -0.322 e. The van der Waals surface area contributed by atoms with Crippen LogP contribution in [-0.4, -0.2) is 66.7 Å². The Morgan fingerprint density at radius 2 is 1.69 bits per heavy atom. The topological polar surface area (TPSA) is 95.5 Å². The number of anilines is 1. The van der Waals surface area contributed by atoms with E-state index < -0.39 is 10.0 Å². The molecular weight excluding hydrogens is 462 g/mol. The fourth-order valence-corrected chi connectivity index (χ4v) is 5.53. The molecule has 1 saturated heterocycles. The maximum Gasteiger partial charge on any atom is 0.256 e. The van der Waals surface area contributed by atoms with Crippen molar-refractivity contribution in [1.82, 2.24) is 19.2 Å². The van der Waals surface area contributed by atoms with Gasteiger partial charge in [0.05, 0.1) is 21.7 Å². The van der Waals surface area contributed by atoms with Crippen molar-refractivity contribution in [2.45, 2.75) is 4.90 Å². The van der Waals surface area contributed by atoms with Crippen LogP contribution in [-0.2, 0) is 10.0 Å². The summed E-state index contributed by atoms with van der Waals surface area (Å²) in [6.45, 7) is 2.33. The molecule has 1 aliphatic heterocycles. The molecule has 0 atom stereocenters. The van der Waals surface area contributed by atoms with E-state index in [1.165, 1.54) is 16.4 Å². The molecule has 2 aromatic carbocycles. The standard InChI is InChI=1S/C26H25N5O3S/c1-30-13-15-31(16-14-30)35(33,34)21-10-8-20(9-11-21)28-26(32)23-17-25(19-5-4-12-27-18-19)29-24-7-3-2-6-22(23)24/h2-12,17-18H,13-16H2,1H3,(H,28,32). The summed E-state index contributed by atoms with van der Waals surface area (Å²) < 4.78 is 27.5. The molecule has 1 aliphatic rings. The molecule has 1 amide bonds. The highest BCUT2D eigenvalue weighted by atomic mass is 32.2. The Labute approximate surface area is 204 Å². The number of hydrogen-bond acceptors (Lipinski definition) is 6. The second-order valence-electron chi connectivity index (χ2n) is 8.50. The van der Waals surface area contributed by atoms with E-state index in [1.807, 2.05) is 43.4 Å². The zero-order valence-electron chi connectivity index (χ0n) is 19.3. The lowest BCUT2D eigenvalue weighted by molar-refractivity contribution is 0.102. The molecule has 35 heavy (non-hydrogen) atoms. The Bertz CT molecular complexity index is 1470. The molecule has 0 bridgehead atoms.